The molecular weight excluding hydrogens is 586 g/mol. The van der Waals surface area contributed by atoms with Gasteiger partial charge in [0.15, 0.2) is 17.3 Å². The number of fused-ring (bicyclic) bond motifs is 3. The van der Waals surface area contributed by atoms with Crippen LogP contribution in [0.1, 0.15) is 28.0 Å². The van der Waals surface area contributed by atoms with E-state index in [1.165, 1.54) is 7.11 Å². The number of hydrogen-bond donors (Lipinski definition) is 5. The minimum absolute atomic E-state index is 0.0858. The highest BCUT2D eigenvalue weighted by molar-refractivity contribution is 6.27. The number of hydrogen-bond acceptors (Lipinski definition) is 14. The number of aromatic nitrogens is 2. The van der Waals surface area contributed by atoms with E-state index in [9.17, 15) is 29.4 Å². The number of benzene rings is 1. The highest BCUT2D eigenvalue weighted by Crippen LogP contribution is 2.55. The van der Waals surface area contributed by atoms with Crippen LogP contribution in [0, 0.1) is 11.8 Å². The first kappa shape index (κ1) is 32.5. The number of likely N-dealkylation sites (N-methyl/N-ethyl adjacent to an activating group) is 1. The summed E-state index contributed by atoms with van der Waals surface area (Å²) in [6.07, 6.45) is -0.0678. The van der Waals surface area contributed by atoms with Gasteiger partial charge in [0.05, 0.1) is 48.3 Å². The Labute approximate surface area is 260 Å². The fourth-order valence-corrected chi connectivity index (χ4v) is 7.93. The molecule has 3 aliphatic rings. The number of aliphatic hydroxyl groups is 1. The first-order valence-corrected chi connectivity index (χ1v) is 14.5. The van der Waals surface area contributed by atoms with Crippen LogP contribution in [0.3, 0.4) is 0 Å². The zero-order valence-corrected chi connectivity index (χ0v) is 26.5. The van der Waals surface area contributed by atoms with Crippen molar-refractivity contribution in [1.82, 2.24) is 15.1 Å². The smallest absolute Gasteiger partial charge is 0.319 e. The number of H-pyrrole nitrogens is 1. The molecule has 3 aliphatic carbocycles. The molecule has 2 saturated carbocycles. The number of phenols is 1. The highest BCUT2D eigenvalue weighted by atomic mass is 16.5. The standard InChI is InChI=1S/C30H41N7O8/c1-35(2)16-10-17(37(5)12-14-8-9-33-34-14)21(38)18-15(16)11-28(31)13-29(32)24(36(3)4)23(44-6)19(27(42)45-7)25(40)30(29,43)26(41)20(28)22(18)39/h8-10,19-20,23-24,38,43H,11-13,31-32H2,1-7H3,(H,33,34)/t19?,20?,23?,24-,28-,29-,30-/m1/s1. The van der Waals surface area contributed by atoms with Crippen LogP contribution >= 0.6 is 0 Å². The Balaban J connectivity index is 1.71. The SMILES string of the molecule is COC(=O)C1C(=O)[C@@]2(O)C(=O)C3C(=O)c4c(O)c(N(C)Cc5ccn[nH]5)cc(N(C)C)c4C[C@@]3(N)C[C@@]2(N)[C@H](N(C)C)C1OC. The number of esters is 1. The molecule has 0 radical (unpaired) electrons. The van der Waals surface area contributed by atoms with Gasteiger partial charge in [0.25, 0.3) is 0 Å². The quantitative estimate of drug-likeness (QED) is 0.176. The number of carbonyl (C=O) groups excluding carboxylic acids is 4. The summed E-state index contributed by atoms with van der Waals surface area (Å²) in [5.74, 6) is -8.17. The third kappa shape index (κ3) is 4.40. The van der Waals surface area contributed by atoms with Crippen LogP contribution < -0.4 is 21.3 Å². The maximum absolute atomic E-state index is 14.6. The van der Waals surface area contributed by atoms with Crippen LogP contribution in [-0.4, -0.2) is 127 Å². The molecule has 0 bridgehead atoms. The third-order valence-corrected chi connectivity index (χ3v) is 9.82. The van der Waals surface area contributed by atoms with Crippen molar-refractivity contribution in [3.63, 3.8) is 0 Å². The molecule has 0 saturated heterocycles. The van der Waals surface area contributed by atoms with Crippen molar-refractivity contribution in [2.45, 2.75) is 48.2 Å². The second-order valence-corrected chi connectivity index (χ2v) is 12.9. The molecule has 1 heterocycles. The number of ketones is 3. The van der Waals surface area contributed by atoms with Crippen molar-refractivity contribution in [2.75, 3.05) is 59.3 Å². The number of aromatic hydroxyl groups is 1. The van der Waals surface area contributed by atoms with Gasteiger partial charge >= 0.3 is 5.97 Å². The molecule has 1 aromatic heterocycles. The van der Waals surface area contributed by atoms with E-state index in [0.29, 0.717) is 23.5 Å². The van der Waals surface area contributed by atoms with E-state index in [1.807, 2.05) is 0 Å². The second kappa shape index (κ2) is 10.9. The third-order valence-electron chi connectivity index (χ3n) is 9.82. The van der Waals surface area contributed by atoms with Crippen molar-refractivity contribution in [3.8, 4) is 5.75 Å². The van der Waals surface area contributed by atoms with Gasteiger partial charge in [0, 0.05) is 45.7 Å². The van der Waals surface area contributed by atoms with Gasteiger partial charge in [0.2, 0.25) is 5.60 Å². The molecule has 7 N–H and O–H groups in total. The fourth-order valence-electron chi connectivity index (χ4n) is 7.93. The normalized spacial score (nSPS) is 32.6. The largest absolute Gasteiger partial charge is 0.505 e. The Kier molecular flexibility index (Phi) is 7.85. The van der Waals surface area contributed by atoms with Gasteiger partial charge in [-0.25, -0.2) is 0 Å². The zero-order valence-electron chi connectivity index (χ0n) is 26.5. The summed E-state index contributed by atoms with van der Waals surface area (Å²) in [6, 6.07) is 2.41. The Morgan fingerprint density at radius 3 is 2.31 bits per heavy atom. The Morgan fingerprint density at radius 1 is 1.11 bits per heavy atom. The molecule has 15 nitrogen and oxygen atoms in total. The molecule has 0 aliphatic heterocycles. The first-order valence-electron chi connectivity index (χ1n) is 14.5. The maximum Gasteiger partial charge on any atom is 0.319 e. The van der Waals surface area contributed by atoms with E-state index in [4.69, 9.17) is 20.9 Å². The molecule has 1 aromatic carbocycles. The average Bonchev–Trinajstić information content (AvgIpc) is 3.46. The monoisotopic (exact) mass is 627 g/mol. The summed E-state index contributed by atoms with van der Waals surface area (Å²) in [6.45, 7) is 0.308. The first-order chi connectivity index (χ1) is 21.0. The van der Waals surface area contributed by atoms with Crippen LogP contribution in [0.15, 0.2) is 18.3 Å². The van der Waals surface area contributed by atoms with Gasteiger partial charge in [-0.1, -0.05) is 0 Å². The fraction of sp³-hybridized carbons (Fsp3) is 0.567. The van der Waals surface area contributed by atoms with Crippen molar-refractivity contribution in [2.24, 2.45) is 23.3 Å². The number of methoxy groups -OCH3 is 2. The minimum Gasteiger partial charge on any atom is -0.505 e. The second-order valence-electron chi connectivity index (χ2n) is 12.9. The summed E-state index contributed by atoms with van der Waals surface area (Å²) in [7, 11) is 10.9. The number of nitrogens with one attached hydrogen (secondary N) is 1. The molecule has 244 valence electrons. The minimum atomic E-state index is -3.01. The number of aromatic amines is 1. The van der Waals surface area contributed by atoms with Gasteiger partial charge in [-0.05, 0) is 44.6 Å². The highest BCUT2D eigenvalue weighted by Gasteiger charge is 2.78. The summed E-state index contributed by atoms with van der Waals surface area (Å²) in [5, 5.41) is 30.7. The average molecular weight is 628 g/mol. The lowest BCUT2D eigenvalue weighted by atomic mass is 9.46. The van der Waals surface area contributed by atoms with Crippen LogP contribution in [-0.2, 0) is 36.8 Å². The lowest BCUT2D eigenvalue weighted by Crippen LogP contribution is -2.89. The summed E-state index contributed by atoms with van der Waals surface area (Å²) in [4.78, 5) is 61.1. The number of anilines is 2. The number of phenolic OH excluding ortho intramolecular Hbond substituents is 1. The number of nitrogens with zero attached hydrogens (tertiary/aromatic N) is 4. The van der Waals surface area contributed by atoms with E-state index in [1.54, 1.807) is 68.3 Å². The van der Waals surface area contributed by atoms with Gasteiger partial charge < -0.3 is 45.9 Å². The van der Waals surface area contributed by atoms with E-state index in [2.05, 4.69) is 10.2 Å². The van der Waals surface area contributed by atoms with Crippen LogP contribution in [0.4, 0.5) is 11.4 Å². The summed E-state index contributed by atoms with van der Waals surface area (Å²) < 4.78 is 10.5. The van der Waals surface area contributed by atoms with Gasteiger partial charge in [-0.3, -0.25) is 24.3 Å². The molecule has 15 heteroatoms. The van der Waals surface area contributed by atoms with E-state index in [-0.39, 0.29) is 24.2 Å². The lowest BCUT2D eigenvalue weighted by Gasteiger charge is -2.63. The molecule has 5 rings (SSSR count). The predicted molar refractivity (Wildman–Crippen MR) is 162 cm³/mol. The lowest BCUT2D eigenvalue weighted by molar-refractivity contribution is -0.202. The molecule has 2 fully saturated rings. The molecule has 7 atom stereocenters. The van der Waals surface area contributed by atoms with Crippen molar-refractivity contribution in [1.29, 1.82) is 0 Å². The predicted octanol–water partition coefficient (Wildman–Crippen LogP) is -1.41. The van der Waals surface area contributed by atoms with Crippen molar-refractivity contribution >= 4 is 34.7 Å². The summed E-state index contributed by atoms with van der Waals surface area (Å²) >= 11 is 0. The van der Waals surface area contributed by atoms with Crippen LogP contribution in [0.25, 0.3) is 0 Å². The number of Topliss-reactive ketones (excluding diaryl/α,β-unsaturated/α-hetero) is 3. The molecule has 45 heavy (non-hydrogen) atoms. The molecule has 2 aromatic rings. The number of carbonyl (C=O) groups is 4. The van der Waals surface area contributed by atoms with E-state index in [0.717, 1.165) is 12.8 Å². The Bertz CT molecular complexity index is 1560. The molecular formula is C30H41N7O8. The molecule has 3 unspecified atom stereocenters. The van der Waals surface area contributed by atoms with Gasteiger partial charge in [-0.2, -0.15) is 5.10 Å². The van der Waals surface area contributed by atoms with Gasteiger partial charge in [0.1, 0.15) is 17.6 Å². The van der Waals surface area contributed by atoms with E-state index < -0.39 is 64.0 Å². The van der Waals surface area contributed by atoms with Crippen molar-refractivity contribution in [3.05, 3.63) is 35.2 Å². The zero-order chi connectivity index (χ0) is 33.4. The molecule has 0 amide bonds. The number of nitrogens with two attached hydrogens (primary N) is 2. The van der Waals surface area contributed by atoms with Crippen LogP contribution in [0.2, 0.25) is 0 Å². The number of rotatable bonds is 7. The summed E-state index contributed by atoms with van der Waals surface area (Å²) in [5.41, 5.74) is 9.13. The Hall–Kier alpha value is -3.89. The van der Waals surface area contributed by atoms with Gasteiger partial charge in [-0.15, -0.1) is 0 Å². The van der Waals surface area contributed by atoms with E-state index >= 15 is 0 Å². The number of ether oxygens (including phenoxy) is 2. The Morgan fingerprint density at radius 2 is 1.78 bits per heavy atom. The topological polar surface area (TPSA) is 218 Å². The maximum atomic E-state index is 14.6. The van der Waals surface area contributed by atoms with Crippen LogP contribution in [0.5, 0.6) is 5.75 Å². The molecule has 0 spiro atoms. The van der Waals surface area contributed by atoms with Crippen molar-refractivity contribution < 1.29 is 38.9 Å².